The fraction of sp³-hybridized carbons (Fsp3) is 0.500. The van der Waals surface area contributed by atoms with Crippen LogP contribution in [0.2, 0.25) is 0 Å². The van der Waals surface area contributed by atoms with E-state index in [1.807, 2.05) is 22.7 Å². The van der Waals surface area contributed by atoms with Gasteiger partial charge < -0.3 is 4.90 Å². The van der Waals surface area contributed by atoms with E-state index in [1.54, 1.807) is 0 Å². The third-order valence-electron chi connectivity index (χ3n) is 2.03. The summed E-state index contributed by atoms with van der Waals surface area (Å²) in [6.07, 6.45) is 2.67. The first-order chi connectivity index (χ1) is 5.31. The molecule has 0 aliphatic carbocycles. The van der Waals surface area contributed by atoms with Crippen LogP contribution in [-0.2, 0) is 4.79 Å². The molecule has 0 saturated carbocycles. The summed E-state index contributed by atoms with van der Waals surface area (Å²) in [5.41, 5.74) is 2.76. The topological polar surface area (TPSA) is 20.3 Å². The zero-order chi connectivity index (χ0) is 7.84. The predicted octanol–water partition coefficient (Wildman–Crippen LogP) is 1.00. The lowest BCUT2D eigenvalue weighted by Gasteiger charge is -2.32. The average Bonchev–Trinajstić information content (AvgIpc) is 2.29. The van der Waals surface area contributed by atoms with Gasteiger partial charge in [-0.1, -0.05) is 6.58 Å². The van der Waals surface area contributed by atoms with Crippen LogP contribution in [0.3, 0.4) is 0 Å². The molecule has 2 saturated heterocycles. The molecule has 58 valence electrons. The molecule has 0 N–H and O–H groups in total. The minimum Gasteiger partial charge on any atom is -0.329 e. The van der Waals surface area contributed by atoms with Gasteiger partial charge in [0.05, 0.1) is 11.8 Å². The fourth-order valence-electron chi connectivity index (χ4n) is 1.43. The van der Waals surface area contributed by atoms with Crippen molar-refractivity contribution < 1.29 is 4.79 Å². The van der Waals surface area contributed by atoms with Crippen molar-refractivity contribution in [2.24, 2.45) is 0 Å². The van der Waals surface area contributed by atoms with Crippen molar-refractivity contribution in [1.82, 2.24) is 4.90 Å². The minimum absolute atomic E-state index is 0.294. The molecule has 2 fully saturated rings. The standard InChI is InChI=1S/C8H9NOS/c1-2-3-6-5-9-7(10)4-8(9)11-6/h3,6,8H,1,4-5H2/t6-,8+/m1/s1. The molecule has 0 aromatic rings. The lowest BCUT2D eigenvalue weighted by Crippen LogP contribution is -2.47. The molecule has 2 heterocycles. The Morgan fingerprint density at radius 2 is 2.64 bits per heavy atom. The molecular formula is C8H9NOS. The van der Waals surface area contributed by atoms with Crippen LogP contribution < -0.4 is 0 Å². The van der Waals surface area contributed by atoms with Crippen LogP contribution in [0.4, 0.5) is 0 Å². The van der Waals surface area contributed by atoms with E-state index in [1.165, 1.54) is 0 Å². The van der Waals surface area contributed by atoms with Crippen molar-refractivity contribution in [2.75, 3.05) is 6.54 Å². The van der Waals surface area contributed by atoms with E-state index in [9.17, 15) is 4.79 Å². The largest absolute Gasteiger partial charge is 0.329 e. The number of rotatable bonds is 1. The van der Waals surface area contributed by atoms with Gasteiger partial charge in [-0.25, -0.2) is 0 Å². The molecule has 0 spiro atoms. The summed E-state index contributed by atoms with van der Waals surface area (Å²) in [7, 11) is 0. The van der Waals surface area contributed by atoms with Gasteiger partial charge in [0.15, 0.2) is 0 Å². The van der Waals surface area contributed by atoms with E-state index < -0.39 is 0 Å². The monoisotopic (exact) mass is 167 g/mol. The van der Waals surface area contributed by atoms with E-state index in [2.05, 4.69) is 12.3 Å². The van der Waals surface area contributed by atoms with Crippen molar-refractivity contribution in [2.45, 2.75) is 17.0 Å². The molecule has 2 rings (SSSR count). The normalized spacial score (nSPS) is 34.2. The molecular weight excluding hydrogens is 158 g/mol. The number of carbonyl (C=O) groups excluding carboxylic acids is 1. The zero-order valence-corrected chi connectivity index (χ0v) is 6.93. The highest BCUT2D eigenvalue weighted by Crippen LogP contribution is 2.39. The number of nitrogens with zero attached hydrogens (tertiary/aromatic N) is 1. The molecule has 2 nitrogen and oxygen atoms in total. The number of fused-ring (bicyclic) bond motifs is 1. The molecule has 11 heavy (non-hydrogen) atoms. The third-order valence-corrected chi connectivity index (χ3v) is 3.40. The Balaban J connectivity index is 2.03. The summed E-state index contributed by atoms with van der Waals surface area (Å²) in [4.78, 5) is 12.8. The summed E-state index contributed by atoms with van der Waals surface area (Å²) >= 11 is 1.84. The Bertz CT molecular complexity index is 244. The maximum Gasteiger partial charge on any atom is 0.226 e. The molecule has 3 heteroatoms. The summed E-state index contributed by atoms with van der Waals surface area (Å²) < 4.78 is 0. The summed E-state index contributed by atoms with van der Waals surface area (Å²) in [6.45, 7) is 4.37. The molecule has 0 unspecified atom stereocenters. The molecule has 2 aliphatic rings. The van der Waals surface area contributed by atoms with Crippen LogP contribution >= 0.6 is 11.8 Å². The summed E-state index contributed by atoms with van der Waals surface area (Å²) in [6, 6.07) is 0. The second kappa shape index (κ2) is 2.43. The van der Waals surface area contributed by atoms with E-state index in [-0.39, 0.29) is 0 Å². The molecule has 2 aliphatic heterocycles. The average molecular weight is 167 g/mol. The van der Waals surface area contributed by atoms with Crippen LogP contribution in [0.1, 0.15) is 6.42 Å². The van der Waals surface area contributed by atoms with Crippen molar-refractivity contribution in [1.29, 1.82) is 0 Å². The van der Waals surface area contributed by atoms with Gasteiger partial charge in [0.2, 0.25) is 5.91 Å². The second-order valence-corrected chi connectivity index (χ2v) is 4.17. The molecule has 0 radical (unpaired) electrons. The van der Waals surface area contributed by atoms with Crippen LogP contribution in [0.5, 0.6) is 0 Å². The Morgan fingerprint density at radius 1 is 1.82 bits per heavy atom. The third kappa shape index (κ3) is 1.01. The van der Waals surface area contributed by atoms with Crippen LogP contribution in [0, 0.1) is 0 Å². The molecule has 0 bridgehead atoms. The highest BCUT2D eigenvalue weighted by atomic mass is 32.2. The van der Waals surface area contributed by atoms with Crippen molar-refractivity contribution >= 4 is 17.7 Å². The van der Waals surface area contributed by atoms with Crippen LogP contribution in [0.15, 0.2) is 18.4 Å². The number of hydrogen-bond acceptors (Lipinski definition) is 2. The SMILES string of the molecule is C=C=C[C@@H]1CN2C(=O)C[C@@H]2S1. The number of amides is 1. The predicted molar refractivity (Wildman–Crippen MR) is 45.2 cm³/mol. The van der Waals surface area contributed by atoms with E-state index in [0.29, 0.717) is 16.5 Å². The first kappa shape index (κ1) is 7.01. The number of hydrogen-bond donors (Lipinski definition) is 0. The number of carbonyl (C=O) groups is 1. The van der Waals surface area contributed by atoms with Gasteiger partial charge in [-0.3, -0.25) is 4.79 Å². The smallest absolute Gasteiger partial charge is 0.226 e. The fourth-order valence-corrected chi connectivity index (χ4v) is 2.84. The van der Waals surface area contributed by atoms with Crippen molar-refractivity contribution in [3.63, 3.8) is 0 Å². The van der Waals surface area contributed by atoms with E-state index >= 15 is 0 Å². The van der Waals surface area contributed by atoms with E-state index in [0.717, 1.165) is 13.0 Å². The van der Waals surface area contributed by atoms with Gasteiger partial charge >= 0.3 is 0 Å². The first-order valence-electron chi connectivity index (χ1n) is 3.62. The molecule has 1 amide bonds. The van der Waals surface area contributed by atoms with Gasteiger partial charge in [-0.15, -0.1) is 17.5 Å². The Kier molecular flexibility index (Phi) is 1.55. The van der Waals surface area contributed by atoms with Crippen LogP contribution in [-0.4, -0.2) is 28.0 Å². The van der Waals surface area contributed by atoms with E-state index in [4.69, 9.17) is 0 Å². The van der Waals surface area contributed by atoms with Gasteiger partial charge in [-0.2, -0.15) is 0 Å². The summed E-state index contributed by atoms with van der Waals surface area (Å²) in [5, 5.41) is 0.890. The summed E-state index contributed by atoms with van der Waals surface area (Å²) in [5.74, 6) is 0.294. The number of thioether (sulfide) groups is 1. The minimum atomic E-state index is 0.294. The maximum absolute atomic E-state index is 10.9. The lowest BCUT2D eigenvalue weighted by atomic mass is 10.2. The lowest BCUT2D eigenvalue weighted by molar-refractivity contribution is -0.140. The van der Waals surface area contributed by atoms with Gasteiger partial charge in [0.25, 0.3) is 0 Å². The Morgan fingerprint density at radius 3 is 3.18 bits per heavy atom. The Labute approximate surface area is 69.9 Å². The molecule has 0 aromatic carbocycles. The molecule has 2 atom stereocenters. The highest BCUT2D eigenvalue weighted by Gasteiger charge is 2.43. The van der Waals surface area contributed by atoms with Crippen molar-refractivity contribution in [3.8, 4) is 0 Å². The van der Waals surface area contributed by atoms with Gasteiger partial charge in [0, 0.05) is 11.8 Å². The molecule has 0 aromatic heterocycles. The van der Waals surface area contributed by atoms with Crippen molar-refractivity contribution in [3.05, 3.63) is 18.4 Å². The number of β-lactam (4-membered cyclic amide) rings is 1. The van der Waals surface area contributed by atoms with Gasteiger partial charge in [0.1, 0.15) is 0 Å². The zero-order valence-electron chi connectivity index (χ0n) is 6.12. The second-order valence-electron chi connectivity index (χ2n) is 2.75. The first-order valence-corrected chi connectivity index (χ1v) is 4.56. The highest BCUT2D eigenvalue weighted by molar-refractivity contribution is 8.01. The quantitative estimate of drug-likeness (QED) is 0.429. The maximum atomic E-state index is 10.9. The van der Waals surface area contributed by atoms with Crippen LogP contribution in [0.25, 0.3) is 0 Å². The van der Waals surface area contributed by atoms with Gasteiger partial charge in [-0.05, 0) is 6.08 Å². The Hall–Kier alpha value is -0.660.